The van der Waals surface area contributed by atoms with Gasteiger partial charge in [0.05, 0.1) is 0 Å². The maximum absolute atomic E-state index is 7.49. The Morgan fingerprint density at radius 1 is 1.14 bits per heavy atom. The fourth-order valence-corrected chi connectivity index (χ4v) is 3.66. The fraction of sp³-hybridized carbons (Fsp3) is 0.222. The van der Waals surface area contributed by atoms with E-state index in [1.807, 2.05) is 48.5 Å². The van der Waals surface area contributed by atoms with Gasteiger partial charge in [0.25, 0.3) is 0 Å². The lowest BCUT2D eigenvalue weighted by Gasteiger charge is -2.22. The first-order valence-corrected chi connectivity index (χ1v) is 7.82. The van der Waals surface area contributed by atoms with E-state index in [0.29, 0.717) is 9.92 Å². The van der Waals surface area contributed by atoms with E-state index < -0.39 is 14.0 Å². The zero-order chi connectivity index (χ0) is 19.8. The molecule has 116 valence electrons. The van der Waals surface area contributed by atoms with Gasteiger partial charge in [-0.05, 0) is 61.3 Å². The maximum Gasteiger partial charge on any atom is 0.0412 e. The zero-order valence-electron chi connectivity index (χ0n) is 17.7. The van der Waals surface area contributed by atoms with Crippen molar-refractivity contribution in [2.45, 2.75) is 16.2 Å². The quantitative estimate of drug-likeness (QED) is 0.599. The Morgan fingerprint density at radius 3 is 2.73 bits per heavy atom. The smallest absolute Gasteiger partial charge is 0.0412 e. The minimum Gasteiger partial charge on any atom is -0.309 e. The highest BCUT2D eigenvalue weighted by molar-refractivity contribution is 7.99. The van der Waals surface area contributed by atoms with Crippen molar-refractivity contribution in [3.05, 3.63) is 64.7 Å². The Morgan fingerprint density at radius 2 is 1.91 bits per heavy atom. The third-order valence-electron chi connectivity index (χ3n) is 3.33. The zero-order valence-corrected chi connectivity index (χ0v) is 14.1. The van der Waals surface area contributed by atoms with Crippen LogP contribution in [-0.2, 0) is 0 Å². The largest absolute Gasteiger partial charge is 0.309 e. The van der Waals surface area contributed by atoms with E-state index in [1.54, 1.807) is 11.8 Å². The summed E-state index contributed by atoms with van der Waals surface area (Å²) in [7, 11) is 0. The second kappa shape index (κ2) is 7.56. The van der Waals surface area contributed by atoms with E-state index in [2.05, 4.69) is 0 Å². The van der Waals surface area contributed by atoms with E-state index in [9.17, 15) is 0 Å². The third kappa shape index (κ3) is 3.69. The van der Waals surface area contributed by atoms with E-state index in [-0.39, 0.29) is 25.4 Å². The topological polar surface area (TPSA) is 3.24 Å². The van der Waals surface area contributed by atoms with Crippen LogP contribution in [0.3, 0.4) is 0 Å². The predicted molar refractivity (Wildman–Crippen MR) is 99.5 cm³/mol. The second-order valence-electron chi connectivity index (χ2n) is 4.80. The Bertz CT molecular complexity index is 865. The van der Waals surface area contributed by atoms with Gasteiger partial charge in [-0.2, -0.15) is 0 Å². The first kappa shape index (κ1) is 10.8. The standard InChI is InChI=1S/C18H18ClNS.ClH/c1-20(2)11-5-7-14-15-6-3-4-8-17(15)21-18-10-9-13(19)12-16(14)18;/h3-4,6-10,12H,5,11H2,1-2H3;1H/b14-7-;/i1D3,2D3;. The van der Waals surface area contributed by atoms with Crippen LogP contribution < -0.4 is 0 Å². The number of nitrogens with zero attached hydrogens (tertiary/aromatic N) is 1. The van der Waals surface area contributed by atoms with Crippen molar-refractivity contribution < 1.29 is 8.22 Å². The summed E-state index contributed by atoms with van der Waals surface area (Å²) in [4.78, 5) is 2.74. The van der Waals surface area contributed by atoms with Crippen molar-refractivity contribution in [1.29, 1.82) is 0 Å². The second-order valence-corrected chi connectivity index (χ2v) is 6.32. The molecule has 0 N–H and O–H groups in total. The molecule has 0 atom stereocenters. The average Bonchev–Trinajstić information content (AvgIpc) is 2.55. The lowest BCUT2D eigenvalue weighted by atomic mass is 9.96. The van der Waals surface area contributed by atoms with Gasteiger partial charge in [0.2, 0.25) is 0 Å². The highest BCUT2D eigenvalue weighted by Crippen LogP contribution is 2.46. The number of hydrogen-bond acceptors (Lipinski definition) is 2. The SMILES string of the molecule is Cl.[2H]C([2H])([2H])N(CC/C=C1/c2ccccc2Sc2ccc(Cl)cc21)C([2H])([2H])[2H]. The van der Waals surface area contributed by atoms with Gasteiger partial charge >= 0.3 is 0 Å². The molecule has 0 saturated heterocycles. The van der Waals surface area contributed by atoms with Crippen molar-refractivity contribution in [3.8, 4) is 0 Å². The molecular weight excluding hydrogens is 333 g/mol. The van der Waals surface area contributed by atoms with Crippen LogP contribution in [0.25, 0.3) is 5.57 Å². The molecule has 4 heteroatoms. The number of halogens is 2. The van der Waals surface area contributed by atoms with Crippen LogP contribution in [0.1, 0.15) is 25.8 Å². The Balaban J connectivity index is 0.00000280. The van der Waals surface area contributed by atoms with E-state index in [1.165, 1.54) is 0 Å². The van der Waals surface area contributed by atoms with Gasteiger partial charge in [-0.1, -0.05) is 47.6 Å². The van der Waals surface area contributed by atoms with Crippen LogP contribution in [-0.4, -0.2) is 25.4 Å². The summed E-state index contributed by atoms with van der Waals surface area (Å²) in [5.41, 5.74) is 2.95. The molecule has 0 saturated carbocycles. The summed E-state index contributed by atoms with van der Waals surface area (Å²) in [6, 6.07) is 13.6. The normalized spacial score (nSPS) is 19.6. The van der Waals surface area contributed by atoms with Gasteiger partial charge in [-0.15, -0.1) is 12.4 Å². The first-order valence-electron chi connectivity index (χ1n) is 9.62. The van der Waals surface area contributed by atoms with Crippen LogP contribution in [0.5, 0.6) is 0 Å². The third-order valence-corrected chi connectivity index (χ3v) is 4.72. The number of hydrogen-bond donors (Lipinski definition) is 0. The van der Waals surface area contributed by atoms with E-state index in [4.69, 9.17) is 19.8 Å². The van der Waals surface area contributed by atoms with Crippen LogP contribution in [0.15, 0.2) is 58.3 Å². The van der Waals surface area contributed by atoms with Gasteiger partial charge in [0.1, 0.15) is 0 Å². The molecule has 22 heavy (non-hydrogen) atoms. The van der Waals surface area contributed by atoms with E-state index in [0.717, 1.165) is 26.5 Å². The minimum absolute atomic E-state index is 0. The molecule has 2 aromatic rings. The van der Waals surface area contributed by atoms with Gasteiger partial charge in [0, 0.05) is 29.6 Å². The molecule has 1 nitrogen and oxygen atoms in total. The average molecular weight is 358 g/mol. The summed E-state index contributed by atoms with van der Waals surface area (Å²) in [6.45, 7) is -5.45. The van der Waals surface area contributed by atoms with Crippen molar-refractivity contribution in [2.75, 3.05) is 20.5 Å². The molecule has 0 amide bonds. The molecule has 0 radical (unpaired) electrons. The lowest BCUT2D eigenvalue weighted by Crippen LogP contribution is -2.12. The molecule has 0 aromatic heterocycles. The number of benzene rings is 2. The van der Waals surface area contributed by atoms with Gasteiger partial charge in [-0.3, -0.25) is 0 Å². The van der Waals surface area contributed by atoms with Gasteiger partial charge in [0.15, 0.2) is 0 Å². The van der Waals surface area contributed by atoms with Gasteiger partial charge in [-0.25, -0.2) is 0 Å². The first-order chi connectivity index (χ1) is 12.6. The highest BCUT2D eigenvalue weighted by atomic mass is 35.5. The highest BCUT2D eigenvalue weighted by Gasteiger charge is 2.20. The van der Waals surface area contributed by atoms with E-state index >= 15 is 0 Å². The van der Waals surface area contributed by atoms with Gasteiger partial charge < -0.3 is 4.90 Å². The fourth-order valence-electron chi connectivity index (χ4n) is 2.40. The summed E-state index contributed by atoms with van der Waals surface area (Å²) in [5.74, 6) is 0. The molecular formula is C18H19Cl2NS. The molecule has 0 fully saturated rings. The molecule has 0 aliphatic carbocycles. The summed E-state index contributed by atoms with van der Waals surface area (Å²) >= 11 is 7.83. The van der Waals surface area contributed by atoms with Crippen molar-refractivity contribution in [3.63, 3.8) is 0 Å². The molecule has 0 unspecified atom stereocenters. The monoisotopic (exact) mass is 357 g/mol. The molecule has 1 heterocycles. The lowest BCUT2D eigenvalue weighted by molar-refractivity contribution is 0.417. The van der Waals surface area contributed by atoms with Crippen LogP contribution in [0.4, 0.5) is 0 Å². The molecule has 0 spiro atoms. The summed E-state index contributed by atoms with van der Waals surface area (Å²) in [5, 5.41) is 0.617. The molecule has 2 aromatic carbocycles. The van der Waals surface area contributed by atoms with Crippen molar-refractivity contribution in [1.82, 2.24) is 4.90 Å². The minimum atomic E-state index is -2.68. The van der Waals surface area contributed by atoms with Crippen LogP contribution in [0, 0.1) is 0 Å². The summed E-state index contributed by atoms with van der Waals surface area (Å²) in [6.07, 6.45) is 2.19. The van der Waals surface area contributed by atoms with Crippen LogP contribution in [0.2, 0.25) is 5.02 Å². The van der Waals surface area contributed by atoms with Crippen molar-refractivity contribution >= 4 is 41.3 Å². The maximum atomic E-state index is 7.49. The number of rotatable bonds is 3. The number of fused-ring (bicyclic) bond motifs is 2. The Labute approximate surface area is 156 Å². The molecule has 0 bridgehead atoms. The molecule has 1 aliphatic rings. The predicted octanol–water partition coefficient (Wildman–Crippen LogP) is 5.61. The molecule has 1 aliphatic heterocycles. The Hall–Kier alpha value is -0.930. The molecule has 3 rings (SSSR count). The van der Waals surface area contributed by atoms with Crippen molar-refractivity contribution in [2.24, 2.45) is 0 Å². The summed E-state index contributed by atoms with van der Waals surface area (Å²) < 4.78 is 44.9. The van der Waals surface area contributed by atoms with Crippen LogP contribution >= 0.6 is 35.8 Å². The Kier molecular flexibility index (Phi) is 3.70.